The molecule has 3 aromatic rings. The van der Waals surface area contributed by atoms with E-state index in [0.29, 0.717) is 10.2 Å². The maximum atomic E-state index is 12.5. The fourth-order valence-corrected chi connectivity index (χ4v) is 5.03. The average Bonchev–Trinajstić information content (AvgIpc) is 3.42. The minimum absolute atomic E-state index is 0.128. The summed E-state index contributed by atoms with van der Waals surface area (Å²) in [6, 6.07) is 13.1. The number of carbonyl (C=O) groups excluding carboxylic acids is 1. The number of carbonyl (C=O) groups is 1. The van der Waals surface area contributed by atoms with Crippen LogP contribution in [0.3, 0.4) is 0 Å². The summed E-state index contributed by atoms with van der Waals surface area (Å²) in [4.78, 5) is 20.3. The lowest BCUT2D eigenvalue weighted by Crippen LogP contribution is -2.21. The van der Waals surface area contributed by atoms with Crippen molar-refractivity contribution in [2.75, 3.05) is 29.1 Å². The lowest BCUT2D eigenvalue weighted by Gasteiger charge is -2.13. The largest absolute Gasteiger partial charge is 0.325 e. The number of aliphatic imine (C=N–C) groups is 1. The summed E-state index contributed by atoms with van der Waals surface area (Å²) in [7, 11) is 0. The van der Waals surface area contributed by atoms with Gasteiger partial charge in [0.2, 0.25) is 11.1 Å². The molecule has 0 aliphatic carbocycles. The molecule has 1 amide bonds. The van der Waals surface area contributed by atoms with Crippen molar-refractivity contribution < 1.29 is 4.79 Å². The van der Waals surface area contributed by atoms with Gasteiger partial charge < -0.3 is 10.2 Å². The van der Waals surface area contributed by atoms with Crippen LogP contribution >= 0.6 is 35.1 Å². The second-order valence-electron chi connectivity index (χ2n) is 6.29. The number of benzene rings is 2. The molecule has 5 rings (SSSR count). The number of nitrogens with one attached hydrogen (secondary N) is 1. The van der Waals surface area contributed by atoms with Crippen LogP contribution in [0.25, 0.3) is 5.69 Å². The molecule has 11 heteroatoms. The Hall–Kier alpha value is -2.56. The zero-order valence-corrected chi connectivity index (χ0v) is 17.3. The highest BCUT2D eigenvalue weighted by molar-refractivity contribution is 8.14. The van der Waals surface area contributed by atoms with Crippen molar-refractivity contribution >= 4 is 57.6 Å². The predicted octanol–water partition coefficient (Wildman–Crippen LogP) is 3.33. The van der Waals surface area contributed by atoms with Gasteiger partial charge in [0.05, 0.1) is 23.7 Å². The van der Waals surface area contributed by atoms with Gasteiger partial charge >= 0.3 is 0 Å². The van der Waals surface area contributed by atoms with Gasteiger partial charge in [0.15, 0.2) is 5.17 Å². The Morgan fingerprint density at radius 3 is 3.10 bits per heavy atom. The SMILES string of the molecule is O=C(CSc1nnnn1-c1cccc(Cl)c1)Nc1ccc2c(c1)N1CCN=C1S2. The molecule has 0 spiro atoms. The first-order chi connectivity index (χ1) is 14.2. The molecule has 0 saturated heterocycles. The van der Waals surface area contributed by atoms with Crippen LogP contribution in [0.2, 0.25) is 5.02 Å². The number of amides is 1. The fraction of sp³-hybridized carbons (Fsp3) is 0.167. The standard InChI is InChI=1S/C18H14ClN7OS2/c19-11-2-1-3-13(8-11)26-18(22-23-24-26)28-10-16(27)21-12-4-5-15-14(9-12)25-7-6-20-17(25)29-15/h1-5,8-9H,6-7,10H2,(H,21,27). The predicted molar refractivity (Wildman–Crippen MR) is 115 cm³/mol. The van der Waals surface area contributed by atoms with Crippen LogP contribution in [0.15, 0.2) is 57.5 Å². The summed E-state index contributed by atoms with van der Waals surface area (Å²) in [5, 5.41) is 16.8. The molecule has 0 unspecified atom stereocenters. The van der Waals surface area contributed by atoms with Gasteiger partial charge in [-0.25, -0.2) is 0 Å². The summed E-state index contributed by atoms with van der Waals surface area (Å²) in [6.45, 7) is 1.70. The Bertz CT molecular complexity index is 1130. The van der Waals surface area contributed by atoms with Crippen molar-refractivity contribution in [3.05, 3.63) is 47.5 Å². The van der Waals surface area contributed by atoms with Gasteiger partial charge in [-0.3, -0.25) is 9.79 Å². The van der Waals surface area contributed by atoms with Gasteiger partial charge in [-0.1, -0.05) is 29.4 Å². The van der Waals surface area contributed by atoms with Crippen LogP contribution in [-0.4, -0.2) is 50.1 Å². The number of fused-ring (bicyclic) bond motifs is 3. The first-order valence-electron chi connectivity index (χ1n) is 8.78. The molecule has 3 heterocycles. The summed E-state index contributed by atoms with van der Waals surface area (Å²) >= 11 is 8.97. The Morgan fingerprint density at radius 1 is 1.28 bits per heavy atom. The molecule has 8 nitrogen and oxygen atoms in total. The molecule has 0 saturated carbocycles. The van der Waals surface area contributed by atoms with E-state index in [1.54, 1.807) is 28.6 Å². The lowest BCUT2D eigenvalue weighted by molar-refractivity contribution is -0.113. The summed E-state index contributed by atoms with van der Waals surface area (Å²) in [5.41, 5.74) is 2.60. The van der Waals surface area contributed by atoms with Crippen LogP contribution in [0.4, 0.5) is 11.4 Å². The Morgan fingerprint density at radius 2 is 2.21 bits per heavy atom. The third-order valence-electron chi connectivity index (χ3n) is 4.36. The molecule has 0 radical (unpaired) electrons. The number of rotatable bonds is 5. The highest BCUT2D eigenvalue weighted by Gasteiger charge is 2.29. The monoisotopic (exact) mass is 443 g/mol. The van der Waals surface area contributed by atoms with E-state index in [2.05, 4.69) is 30.7 Å². The highest BCUT2D eigenvalue weighted by atomic mass is 35.5. The number of aromatic nitrogens is 4. The van der Waals surface area contributed by atoms with Gasteiger partial charge in [-0.15, -0.1) is 5.10 Å². The molecule has 1 N–H and O–H groups in total. The quantitative estimate of drug-likeness (QED) is 0.605. The van der Waals surface area contributed by atoms with Crippen LogP contribution in [0.1, 0.15) is 0 Å². The van der Waals surface area contributed by atoms with Crippen molar-refractivity contribution in [1.82, 2.24) is 20.2 Å². The molecule has 0 atom stereocenters. The van der Waals surface area contributed by atoms with E-state index in [1.165, 1.54) is 11.8 Å². The third kappa shape index (κ3) is 3.70. The number of halogens is 1. The van der Waals surface area contributed by atoms with Gasteiger partial charge in [0, 0.05) is 22.2 Å². The second kappa shape index (κ2) is 7.69. The minimum atomic E-state index is -0.128. The zero-order chi connectivity index (χ0) is 19.8. The number of hydrogen-bond acceptors (Lipinski definition) is 8. The van der Waals surface area contributed by atoms with Crippen molar-refractivity contribution in [1.29, 1.82) is 0 Å². The number of tetrazole rings is 1. The normalized spacial score (nSPS) is 14.5. The van der Waals surface area contributed by atoms with E-state index in [9.17, 15) is 4.79 Å². The van der Waals surface area contributed by atoms with E-state index in [4.69, 9.17) is 11.6 Å². The molecule has 0 bridgehead atoms. The maximum Gasteiger partial charge on any atom is 0.234 e. The van der Waals surface area contributed by atoms with Crippen LogP contribution in [0.5, 0.6) is 0 Å². The molecular weight excluding hydrogens is 430 g/mol. The Kier molecular flexibility index (Phi) is 4.90. The summed E-state index contributed by atoms with van der Waals surface area (Å²) in [5.74, 6) is 0.0555. The smallest absolute Gasteiger partial charge is 0.234 e. The number of hydrogen-bond donors (Lipinski definition) is 1. The molecule has 29 heavy (non-hydrogen) atoms. The van der Waals surface area contributed by atoms with Crippen LogP contribution < -0.4 is 10.2 Å². The molecule has 146 valence electrons. The Labute approximate surface area is 179 Å². The number of anilines is 2. The summed E-state index contributed by atoms with van der Waals surface area (Å²) < 4.78 is 1.56. The lowest BCUT2D eigenvalue weighted by atomic mass is 10.2. The fourth-order valence-electron chi connectivity index (χ4n) is 3.09. The van der Waals surface area contributed by atoms with Gasteiger partial charge in [-0.05, 0) is 58.6 Å². The number of nitrogens with zero attached hydrogens (tertiary/aromatic N) is 6. The molecular formula is C18H14ClN7OS2. The molecule has 2 aliphatic rings. The van der Waals surface area contributed by atoms with Crippen LogP contribution in [-0.2, 0) is 4.79 Å². The van der Waals surface area contributed by atoms with Gasteiger partial charge in [0.1, 0.15) is 0 Å². The van der Waals surface area contributed by atoms with Gasteiger partial charge in [-0.2, -0.15) is 4.68 Å². The minimum Gasteiger partial charge on any atom is -0.325 e. The average molecular weight is 444 g/mol. The van der Waals surface area contributed by atoms with Crippen molar-refractivity contribution in [2.45, 2.75) is 10.1 Å². The highest BCUT2D eigenvalue weighted by Crippen LogP contribution is 2.43. The van der Waals surface area contributed by atoms with E-state index < -0.39 is 0 Å². The molecule has 2 aromatic carbocycles. The van der Waals surface area contributed by atoms with E-state index in [0.717, 1.165) is 40.2 Å². The third-order valence-corrected chi connectivity index (χ3v) is 6.61. The topological polar surface area (TPSA) is 88.3 Å². The van der Waals surface area contributed by atoms with Crippen molar-refractivity contribution in [3.63, 3.8) is 0 Å². The van der Waals surface area contributed by atoms with E-state index in [-0.39, 0.29) is 11.7 Å². The van der Waals surface area contributed by atoms with Crippen LogP contribution in [0, 0.1) is 0 Å². The maximum absolute atomic E-state index is 12.5. The number of thioether (sulfide) groups is 2. The van der Waals surface area contributed by atoms with Crippen molar-refractivity contribution in [2.24, 2.45) is 4.99 Å². The first-order valence-corrected chi connectivity index (χ1v) is 11.0. The van der Waals surface area contributed by atoms with Crippen molar-refractivity contribution in [3.8, 4) is 5.69 Å². The van der Waals surface area contributed by atoms with Gasteiger partial charge in [0.25, 0.3) is 0 Å². The second-order valence-corrected chi connectivity index (χ2v) is 8.68. The molecule has 1 aromatic heterocycles. The molecule has 2 aliphatic heterocycles. The molecule has 0 fully saturated rings. The zero-order valence-electron chi connectivity index (χ0n) is 14.9. The van der Waals surface area contributed by atoms with E-state index >= 15 is 0 Å². The Balaban J connectivity index is 1.25. The number of amidine groups is 1. The van der Waals surface area contributed by atoms with E-state index in [1.807, 2.05) is 30.3 Å². The first kappa shape index (κ1) is 18.5. The summed E-state index contributed by atoms with van der Waals surface area (Å²) in [6.07, 6.45) is 0.